The van der Waals surface area contributed by atoms with E-state index in [0.29, 0.717) is 0 Å². The molecule has 16 heavy (non-hydrogen) atoms. The fraction of sp³-hybridized carbons (Fsp3) is 0.571. The molecular formula is C14H23NO. The molecule has 0 aromatic heterocycles. The number of rotatable bonds is 6. The van der Waals surface area contributed by atoms with Gasteiger partial charge in [0.05, 0.1) is 6.61 Å². The molecule has 0 unspecified atom stereocenters. The largest absolute Gasteiger partial charge is 0.493 e. The molecule has 0 aliphatic carbocycles. The number of aryl methyl sites for hydroxylation is 1. The van der Waals surface area contributed by atoms with Crippen LogP contribution in [0, 0.1) is 6.92 Å². The van der Waals surface area contributed by atoms with E-state index in [1.807, 2.05) is 19.1 Å². The summed E-state index contributed by atoms with van der Waals surface area (Å²) >= 11 is 0. The van der Waals surface area contributed by atoms with Crippen molar-refractivity contribution in [3.8, 4) is 5.75 Å². The van der Waals surface area contributed by atoms with Gasteiger partial charge in [-0.05, 0) is 37.5 Å². The van der Waals surface area contributed by atoms with Crippen molar-refractivity contribution in [3.05, 3.63) is 29.3 Å². The Balaban J connectivity index is 2.54. The Morgan fingerprint density at radius 2 is 2.06 bits per heavy atom. The number of benzene rings is 1. The Morgan fingerprint density at radius 3 is 2.62 bits per heavy atom. The van der Waals surface area contributed by atoms with Crippen molar-refractivity contribution in [2.75, 3.05) is 6.61 Å². The lowest BCUT2D eigenvalue weighted by atomic mass is 10.1. The minimum atomic E-state index is 0.0906. The van der Waals surface area contributed by atoms with Crippen molar-refractivity contribution in [2.24, 2.45) is 5.73 Å². The van der Waals surface area contributed by atoms with Crippen molar-refractivity contribution >= 4 is 0 Å². The second-order valence-corrected chi connectivity index (χ2v) is 4.37. The van der Waals surface area contributed by atoms with Crippen molar-refractivity contribution < 1.29 is 4.74 Å². The normalized spacial score (nSPS) is 12.5. The fourth-order valence-corrected chi connectivity index (χ4v) is 1.65. The summed E-state index contributed by atoms with van der Waals surface area (Å²) in [5.41, 5.74) is 8.17. The van der Waals surface area contributed by atoms with E-state index in [1.165, 1.54) is 24.0 Å². The average Bonchev–Trinajstić information content (AvgIpc) is 2.26. The van der Waals surface area contributed by atoms with Crippen molar-refractivity contribution in [1.29, 1.82) is 0 Å². The first-order valence-electron chi connectivity index (χ1n) is 6.14. The number of nitrogens with two attached hydrogens (primary N) is 1. The molecule has 2 nitrogen and oxygen atoms in total. The highest BCUT2D eigenvalue weighted by Gasteiger charge is 2.03. The maximum atomic E-state index is 5.83. The Kier molecular flexibility index (Phi) is 5.33. The molecule has 0 amide bonds. The van der Waals surface area contributed by atoms with Gasteiger partial charge in [0.25, 0.3) is 0 Å². The first-order valence-corrected chi connectivity index (χ1v) is 6.14. The predicted molar refractivity (Wildman–Crippen MR) is 68.8 cm³/mol. The third-order valence-electron chi connectivity index (χ3n) is 2.73. The molecular weight excluding hydrogens is 198 g/mol. The van der Waals surface area contributed by atoms with Gasteiger partial charge in [0.1, 0.15) is 5.75 Å². The third-order valence-corrected chi connectivity index (χ3v) is 2.73. The molecule has 0 fully saturated rings. The molecule has 0 aliphatic heterocycles. The molecule has 1 atom stereocenters. The fourth-order valence-electron chi connectivity index (χ4n) is 1.65. The lowest BCUT2D eigenvalue weighted by molar-refractivity contribution is 0.304. The van der Waals surface area contributed by atoms with Crippen LogP contribution in [0.3, 0.4) is 0 Å². The Hall–Kier alpha value is -1.02. The second-order valence-electron chi connectivity index (χ2n) is 4.37. The number of ether oxygens (including phenoxy) is 1. The molecule has 0 aliphatic rings. The molecule has 0 saturated heterocycles. The zero-order valence-corrected chi connectivity index (χ0v) is 10.6. The van der Waals surface area contributed by atoms with Crippen molar-refractivity contribution in [3.63, 3.8) is 0 Å². The summed E-state index contributed by atoms with van der Waals surface area (Å²) < 4.78 is 5.73. The highest BCUT2D eigenvalue weighted by molar-refractivity contribution is 5.37. The van der Waals surface area contributed by atoms with Gasteiger partial charge in [-0.2, -0.15) is 0 Å². The third kappa shape index (κ3) is 3.86. The smallest absolute Gasteiger partial charge is 0.122 e. The van der Waals surface area contributed by atoms with E-state index in [0.717, 1.165) is 18.8 Å². The van der Waals surface area contributed by atoms with E-state index in [2.05, 4.69) is 19.9 Å². The SMILES string of the molecule is CCCCCOc1ccc([C@H](C)N)cc1C. The molecule has 0 radical (unpaired) electrons. The molecule has 1 aromatic carbocycles. The topological polar surface area (TPSA) is 35.2 Å². The highest BCUT2D eigenvalue weighted by atomic mass is 16.5. The molecule has 90 valence electrons. The van der Waals surface area contributed by atoms with E-state index in [-0.39, 0.29) is 6.04 Å². The minimum absolute atomic E-state index is 0.0906. The summed E-state index contributed by atoms with van der Waals surface area (Å²) in [6, 6.07) is 6.28. The van der Waals surface area contributed by atoms with E-state index >= 15 is 0 Å². The number of hydrogen-bond acceptors (Lipinski definition) is 2. The maximum Gasteiger partial charge on any atom is 0.122 e. The number of unbranched alkanes of at least 4 members (excludes halogenated alkanes) is 2. The lowest BCUT2D eigenvalue weighted by Gasteiger charge is -2.12. The Labute approximate surface area is 98.8 Å². The summed E-state index contributed by atoms with van der Waals surface area (Å²) in [4.78, 5) is 0. The number of hydrogen-bond donors (Lipinski definition) is 1. The van der Waals surface area contributed by atoms with E-state index in [4.69, 9.17) is 10.5 Å². The summed E-state index contributed by atoms with van der Waals surface area (Å²) in [5.74, 6) is 0.987. The molecule has 2 N–H and O–H groups in total. The Morgan fingerprint density at radius 1 is 1.31 bits per heavy atom. The van der Waals surface area contributed by atoms with Gasteiger partial charge >= 0.3 is 0 Å². The molecule has 2 heteroatoms. The van der Waals surface area contributed by atoms with Crippen LogP contribution >= 0.6 is 0 Å². The zero-order chi connectivity index (χ0) is 12.0. The van der Waals surface area contributed by atoms with Crippen LogP contribution in [-0.4, -0.2) is 6.61 Å². The summed E-state index contributed by atoms with van der Waals surface area (Å²) in [6.07, 6.45) is 3.59. The van der Waals surface area contributed by atoms with Gasteiger partial charge < -0.3 is 10.5 Å². The van der Waals surface area contributed by atoms with E-state index in [9.17, 15) is 0 Å². The van der Waals surface area contributed by atoms with Gasteiger partial charge in [-0.25, -0.2) is 0 Å². The first-order chi connectivity index (χ1) is 7.65. The lowest BCUT2D eigenvalue weighted by Crippen LogP contribution is -2.06. The average molecular weight is 221 g/mol. The van der Waals surface area contributed by atoms with Crippen LogP contribution in [0.5, 0.6) is 5.75 Å². The van der Waals surface area contributed by atoms with E-state index in [1.54, 1.807) is 0 Å². The maximum absolute atomic E-state index is 5.83. The quantitative estimate of drug-likeness (QED) is 0.745. The first kappa shape index (κ1) is 13.0. The van der Waals surface area contributed by atoms with Gasteiger partial charge in [-0.3, -0.25) is 0 Å². The minimum Gasteiger partial charge on any atom is -0.493 e. The van der Waals surface area contributed by atoms with Crippen LogP contribution in [0.4, 0.5) is 0 Å². The van der Waals surface area contributed by atoms with Crippen LogP contribution in [0.1, 0.15) is 50.3 Å². The Bertz CT molecular complexity index is 321. The van der Waals surface area contributed by atoms with Crippen LogP contribution in [0.15, 0.2) is 18.2 Å². The van der Waals surface area contributed by atoms with Crippen LogP contribution in [0.2, 0.25) is 0 Å². The summed E-state index contributed by atoms with van der Waals surface area (Å²) in [6.45, 7) is 7.08. The van der Waals surface area contributed by atoms with E-state index < -0.39 is 0 Å². The molecule has 1 aromatic rings. The van der Waals surface area contributed by atoms with Crippen LogP contribution in [-0.2, 0) is 0 Å². The highest BCUT2D eigenvalue weighted by Crippen LogP contribution is 2.22. The molecule has 0 saturated carbocycles. The van der Waals surface area contributed by atoms with Gasteiger partial charge in [-0.1, -0.05) is 31.9 Å². The monoisotopic (exact) mass is 221 g/mol. The van der Waals surface area contributed by atoms with Gasteiger partial charge in [0.2, 0.25) is 0 Å². The van der Waals surface area contributed by atoms with Gasteiger partial charge in [0.15, 0.2) is 0 Å². The van der Waals surface area contributed by atoms with Gasteiger partial charge in [-0.15, -0.1) is 0 Å². The summed E-state index contributed by atoms with van der Waals surface area (Å²) in [5, 5.41) is 0. The van der Waals surface area contributed by atoms with Crippen LogP contribution < -0.4 is 10.5 Å². The standard InChI is InChI=1S/C14H23NO/c1-4-5-6-9-16-14-8-7-13(12(3)15)10-11(14)2/h7-8,10,12H,4-6,9,15H2,1-3H3/t12-/m0/s1. The molecule has 1 rings (SSSR count). The molecule has 0 heterocycles. The van der Waals surface area contributed by atoms with Crippen molar-refractivity contribution in [1.82, 2.24) is 0 Å². The van der Waals surface area contributed by atoms with Gasteiger partial charge in [0, 0.05) is 6.04 Å². The zero-order valence-electron chi connectivity index (χ0n) is 10.6. The van der Waals surface area contributed by atoms with Crippen molar-refractivity contribution in [2.45, 2.75) is 46.1 Å². The second kappa shape index (κ2) is 6.54. The summed E-state index contributed by atoms with van der Waals surface area (Å²) in [7, 11) is 0. The predicted octanol–water partition coefficient (Wildman–Crippen LogP) is 3.58. The molecule has 0 bridgehead atoms. The van der Waals surface area contributed by atoms with Crippen LogP contribution in [0.25, 0.3) is 0 Å². The molecule has 0 spiro atoms.